The van der Waals surface area contributed by atoms with E-state index in [1.807, 2.05) is 36.6 Å². The average Bonchev–Trinajstić information content (AvgIpc) is 3.07. The van der Waals surface area contributed by atoms with Crippen molar-refractivity contribution in [3.63, 3.8) is 0 Å². The van der Waals surface area contributed by atoms with Gasteiger partial charge in [-0.3, -0.25) is 0 Å². The first kappa shape index (κ1) is 19.0. The monoisotopic (exact) mass is 392 g/mol. The molecule has 0 unspecified atom stereocenters. The highest BCUT2D eigenvalue weighted by molar-refractivity contribution is 7.98. The maximum absolute atomic E-state index is 12.6. The number of para-hydroxylation sites is 1. The average molecular weight is 392 g/mol. The summed E-state index contributed by atoms with van der Waals surface area (Å²) in [5.74, 6) is 1.16. The molecule has 0 saturated heterocycles. The number of nitrogens with zero attached hydrogens (tertiary/aromatic N) is 4. The van der Waals surface area contributed by atoms with Gasteiger partial charge in [0.15, 0.2) is 5.82 Å². The van der Waals surface area contributed by atoms with Gasteiger partial charge in [0, 0.05) is 0 Å². The molecule has 140 valence electrons. The number of alkyl halides is 3. The maximum atomic E-state index is 12.6. The molecular formula is C18H15F3N4OS. The van der Waals surface area contributed by atoms with E-state index in [1.54, 1.807) is 0 Å². The number of thioether (sulfide) groups is 1. The lowest BCUT2D eigenvalue weighted by Crippen LogP contribution is -2.05. The first-order valence-electron chi connectivity index (χ1n) is 7.85. The summed E-state index contributed by atoms with van der Waals surface area (Å²) in [5.41, 5.74) is -0.176. The van der Waals surface area contributed by atoms with Crippen LogP contribution >= 0.6 is 11.8 Å². The van der Waals surface area contributed by atoms with Crippen molar-refractivity contribution in [1.82, 2.24) is 14.9 Å². The minimum absolute atomic E-state index is 0.155. The summed E-state index contributed by atoms with van der Waals surface area (Å²) in [6.07, 6.45) is -1.08. The van der Waals surface area contributed by atoms with Gasteiger partial charge in [-0.1, -0.05) is 42.1 Å². The molecule has 5 nitrogen and oxygen atoms in total. The van der Waals surface area contributed by atoms with Crippen LogP contribution in [-0.4, -0.2) is 27.3 Å². The van der Waals surface area contributed by atoms with Crippen LogP contribution in [-0.2, 0) is 12.8 Å². The van der Waals surface area contributed by atoms with E-state index in [1.165, 1.54) is 34.8 Å². The summed E-state index contributed by atoms with van der Waals surface area (Å²) in [5, 5.41) is 12.9. The van der Waals surface area contributed by atoms with E-state index in [0.29, 0.717) is 22.3 Å². The highest BCUT2D eigenvalue weighted by Crippen LogP contribution is 2.28. The molecule has 1 heterocycles. The van der Waals surface area contributed by atoms with E-state index < -0.39 is 11.7 Å². The van der Waals surface area contributed by atoms with E-state index in [0.717, 1.165) is 12.1 Å². The quantitative estimate of drug-likeness (QED) is 0.459. The highest BCUT2D eigenvalue weighted by Gasteiger charge is 2.29. The van der Waals surface area contributed by atoms with Gasteiger partial charge in [-0.05, 0) is 36.1 Å². The number of benzene rings is 2. The molecule has 27 heavy (non-hydrogen) atoms. The van der Waals surface area contributed by atoms with Crippen LogP contribution < -0.4 is 4.74 Å². The first-order valence-corrected chi connectivity index (χ1v) is 9.07. The zero-order valence-corrected chi connectivity index (χ0v) is 15.0. The summed E-state index contributed by atoms with van der Waals surface area (Å²) in [6.45, 7) is 0.155. The van der Waals surface area contributed by atoms with Crippen LogP contribution in [0.25, 0.3) is 0 Å². The Morgan fingerprint density at radius 1 is 1.07 bits per heavy atom. The van der Waals surface area contributed by atoms with Crippen LogP contribution in [0.2, 0.25) is 0 Å². The smallest absolute Gasteiger partial charge is 0.416 e. The van der Waals surface area contributed by atoms with E-state index >= 15 is 0 Å². The lowest BCUT2D eigenvalue weighted by molar-refractivity contribution is -0.137. The van der Waals surface area contributed by atoms with E-state index in [9.17, 15) is 13.2 Å². The third-order valence-electron chi connectivity index (χ3n) is 3.53. The van der Waals surface area contributed by atoms with Gasteiger partial charge in [-0.25, -0.2) is 0 Å². The molecule has 2 aromatic carbocycles. The molecule has 0 radical (unpaired) electrons. The Hall–Kier alpha value is -2.81. The van der Waals surface area contributed by atoms with Crippen molar-refractivity contribution in [2.75, 3.05) is 6.26 Å². The molecule has 3 aromatic rings. The van der Waals surface area contributed by atoms with Gasteiger partial charge in [0.25, 0.3) is 0 Å². The summed E-state index contributed by atoms with van der Waals surface area (Å²) in [6, 6.07) is 14.0. The maximum Gasteiger partial charge on any atom is 0.416 e. The van der Waals surface area contributed by atoms with Crippen LogP contribution in [0.4, 0.5) is 13.2 Å². The van der Waals surface area contributed by atoms with Gasteiger partial charge < -0.3 is 4.74 Å². The van der Waals surface area contributed by atoms with Crippen molar-refractivity contribution in [2.45, 2.75) is 17.9 Å². The topological polar surface area (TPSA) is 52.3 Å². The second kappa shape index (κ2) is 8.26. The standard InChI is InChI=1S/C18H15F3N4OS/c1-27-17-24-23-16(12-26-15-5-3-2-4-6-15)25(17)22-11-13-7-9-14(10-8-13)18(19,20)21/h2-11H,12H2,1H3/b22-11-. The number of hydrogen-bond donors (Lipinski definition) is 0. The minimum Gasteiger partial charge on any atom is -0.486 e. The fourth-order valence-corrected chi connectivity index (χ4v) is 2.62. The number of aromatic nitrogens is 3. The molecular weight excluding hydrogens is 377 g/mol. The fraction of sp³-hybridized carbons (Fsp3) is 0.167. The van der Waals surface area contributed by atoms with Crippen LogP contribution in [0, 0.1) is 0 Å². The number of rotatable bonds is 6. The largest absolute Gasteiger partial charge is 0.486 e. The molecule has 0 amide bonds. The molecule has 0 N–H and O–H groups in total. The van der Waals surface area contributed by atoms with E-state index in [4.69, 9.17) is 4.74 Å². The van der Waals surface area contributed by atoms with Crippen molar-refractivity contribution >= 4 is 18.0 Å². The first-order chi connectivity index (χ1) is 13.0. The Morgan fingerprint density at radius 3 is 2.41 bits per heavy atom. The van der Waals surface area contributed by atoms with Crippen LogP contribution in [0.5, 0.6) is 5.75 Å². The Bertz CT molecular complexity index is 909. The Kier molecular flexibility index (Phi) is 5.80. The van der Waals surface area contributed by atoms with Gasteiger partial charge in [0.2, 0.25) is 5.16 Å². The normalized spacial score (nSPS) is 11.9. The second-order valence-electron chi connectivity index (χ2n) is 5.38. The van der Waals surface area contributed by atoms with Crippen LogP contribution in [0.1, 0.15) is 17.0 Å². The Balaban J connectivity index is 1.77. The molecule has 0 saturated carbocycles. The third-order valence-corrected chi connectivity index (χ3v) is 4.15. The summed E-state index contributed by atoms with van der Waals surface area (Å²) in [7, 11) is 0. The fourth-order valence-electron chi connectivity index (χ4n) is 2.18. The predicted molar refractivity (Wildman–Crippen MR) is 97.0 cm³/mol. The zero-order valence-electron chi connectivity index (χ0n) is 14.2. The molecule has 3 rings (SSSR count). The highest BCUT2D eigenvalue weighted by atomic mass is 32.2. The molecule has 0 aliphatic heterocycles. The van der Waals surface area contributed by atoms with Gasteiger partial charge in [0.05, 0.1) is 11.8 Å². The number of hydrogen-bond acceptors (Lipinski definition) is 5. The summed E-state index contributed by atoms with van der Waals surface area (Å²) in [4.78, 5) is 0. The molecule has 0 fully saturated rings. The SMILES string of the molecule is CSc1nnc(COc2ccccc2)n1/N=C\c1ccc(C(F)(F)F)cc1. The van der Waals surface area contributed by atoms with Gasteiger partial charge >= 0.3 is 6.18 Å². The summed E-state index contributed by atoms with van der Waals surface area (Å²) >= 11 is 1.35. The summed E-state index contributed by atoms with van der Waals surface area (Å²) < 4.78 is 45.1. The van der Waals surface area contributed by atoms with Gasteiger partial charge in [-0.15, -0.1) is 10.2 Å². The third kappa shape index (κ3) is 4.88. The number of ether oxygens (including phenoxy) is 1. The minimum atomic E-state index is -4.36. The molecule has 9 heteroatoms. The van der Waals surface area contributed by atoms with Gasteiger partial charge in [-0.2, -0.15) is 22.9 Å². The molecule has 1 aromatic heterocycles. The van der Waals surface area contributed by atoms with Crippen LogP contribution in [0.3, 0.4) is 0 Å². The van der Waals surface area contributed by atoms with Crippen molar-refractivity contribution in [1.29, 1.82) is 0 Å². The lowest BCUT2D eigenvalue weighted by Gasteiger charge is -2.07. The lowest BCUT2D eigenvalue weighted by atomic mass is 10.1. The zero-order chi connectivity index (χ0) is 19.3. The Labute approximate surface area is 157 Å². The number of halogens is 3. The predicted octanol–water partition coefficient (Wildman–Crippen LogP) is 4.48. The molecule has 0 spiro atoms. The van der Waals surface area contributed by atoms with E-state index in [-0.39, 0.29) is 6.61 Å². The molecule has 0 aliphatic carbocycles. The second-order valence-corrected chi connectivity index (χ2v) is 6.15. The van der Waals surface area contributed by atoms with Crippen LogP contribution in [0.15, 0.2) is 64.9 Å². The molecule has 0 aliphatic rings. The van der Waals surface area contributed by atoms with Crippen molar-refractivity contribution in [3.8, 4) is 5.75 Å². The molecule has 0 atom stereocenters. The van der Waals surface area contributed by atoms with E-state index in [2.05, 4.69) is 15.3 Å². The molecule has 0 bridgehead atoms. The Morgan fingerprint density at radius 2 is 1.78 bits per heavy atom. The van der Waals surface area contributed by atoms with Crippen molar-refractivity contribution in [2.24, 2.45) is 5.10 Å². The van der Waals surface area contributed by atoms with Crippen molar-refractivity contribution < 1.29 is 17.9 Å². The van der Waals surface area contributed by atoms with Gasteiger partial charge in [0.1, 0.15) is 12.4 Å². The van der Waals surface area contributed by atoms with Crippen molar-refractivity contribution in [3.05, 3.63) is 71.5 Å².